The van der Waals surface area contributed by atoms with Gasteiger partial charge >= 0.3 is 0 Å². The number of ketones is 2. The predicted octanol–water partition coefficient (Wildman–Crippen LogP) is 5.83. The fourth-order valence-corrected chi connectivity index (χ4v) is 4.07. The lowest BCUT2D eigenvalue weighted by atomic mass is 9.74. The van der Waals surface area contributed by atoms with Crippen LogP contribution in [0.25, 0.3) is 0 Å². The Bertz CT molecular complexity index is 642. The third-order valence-electron chi connectivity index (χ3n) is 5.44. The molecule has 3 rings (SSSR count). The van der Waals surface area contributed by atoms with Crippen molar-refractivity contribution in [2.75, 3.05) is 0 Å². The summed E-state index contributed by atoms with van der Waals surface area (Å²) in [6.07, 6.45) is 7.54. The molecule has 2 unspecified atom stereocenters. The maximum Gasteiger partial charge on any atom is 0.141 e. The van der Waals surface area contributed by atoms with Crippen molar-refractivity contribution in [3.05, 3.63) is 71.8 Å². The molecule has 0 N–H and O–H groups in total. The van der Waals surface area contributed by atoms with Gasteiger partial charge in [-0.1, -0.05) is 86.3 Å². The van der Waals surface area contributed by atoms with E-state index in [-0.39, 0.29) is 23.4 Å². The molecule has 2 nitrogen and oxygen atoms in total. The highest BCUT2D eigenvalue weighted by atomic mass is 16.1. The molecule has 1 saturated carbocycles. The summed E-state index contributed by atoms with van der Waals surface area (Å²) in [7, 11) is 0. The third-order valence-corrected chi connectivity index (χ3v) is 5.44. The van der Waals surface area contributed by atoms with Gasteiger partial charge in [0, 0.05) is 12.8 Å². The van der Waals surface area contributed by atoms with E-state index in [0.29, 0.717) is 12.8 Å². The first-order valence-corrected chi connectivity index (χ1v) is 9.92. The Labute approximate surface area is 156 Å². The first-order chi connectivity index (χ1) is 12.8. The van der Waals surface area contributed by atoms with Gasteiger partial charge in [0.15, 0.2) is 0 Å². The lowest BCUT2D eigenvalue weighted by molar-refractivity contribution is -0.127. The lowest BCUT2D eigenvalue weighted by Gasteiger charge is -2.27. The fraction of sp³-hybridized carbons (Fsp3) is 0.417. The topological polar surface area (TPSA) is 34.1 Å². The summed E-state index contributed by atoms with van der Waals surface area (Å²) >= 11 is 0. The van der Waals surface area contributed by atoms with E-state index < -0.39 is 0 Å². The second-order valence-electron chi connectivity index (χ2n) is 7.33. The molecule has 1 aliphatic carbocycles. The molecule has 2 aromatic carbocycles. The minimum atomic E-state index is -0.370. The van der Waals surface area contributed by atoms with Gasteiger partial charge in [0.2, 0.25) is 0 Å². The van der Waals surface area contributed by atoms with Crippen LogP contribution in [0.2, 0.25) is 0 Å². The number of rotatable bonds is 2. The largest absolute Gasteiger partial charge is 0.299 e. The van der Waals surface area contributed by atoms with Crippen LogP contribution in [-0.2, 0) is 9.59 Å². The average Bonchev–Trinajstić information content (AvgIpc) is 2.68. The van der Waals surface area contributed by atoms with Crippen LogP contribution in [0.3, 0.4) is 0 Å². The molecule has 2 heteroatoms. The van der Waals surface area contributed by atoms with Crippen LogP contribution >= 0.6 is 0 Å². The number of hydrogen-bond donors (Lipinski definition) is 0. The Balaban J connectivity index is 2.02. The van der Waals surface area contributed by atoms with E-state index in [4.69, 9.17) is 0 Å². The van der Waals surface area contributed by atoms with Gasteiger partial charge in [-0.2, -0.15) is 0 Å². The predicted molar refractivity (Wildman–Crippen MR) is 105 cm³/mol. The van der Waals surface area contributed by atoms with Gasteiger partial charge in [0.1, 0.15) is 11.6 Å². The summed E-state index contributed by atoms with van der Waals surface area (Å²) in [5.74, 6) is -0.325. The molecule has 0 radical (unpaired) electrons. The molecule has 0 saturated heterocycles. The molecule has 1 fully saturated rings. The van der Waals surface area contributed by atoms with E-state index in [0.717, 1.165) is 36.8 Å². The number of benzene rings is 2. The van der Waals surface area contributed by atoms with Crippen molar-refractivity contribution in [1.82, 2.24) is 0 Å². The smallest absolute Gasteiger partial charge is 0.141 e. The molecule has 1 aliphatic rings. The van der Waals surface area contributed by atoms with Crippen molar-refractivity contribution in [2.45, 2.75) is 63.2 Å². The fourth-order valence-electron chi connectivity index (χ4n) is 4.07. The van der Waals surface area contributed by atoms with E-state index >= 15 is 0 Å². The molecule has 26 heavy (non-hydrogen) atoms. The van der Waals surface area contributed by atoms with Gasteiger partial charge in [0.05, 0.1) is 11.8 Å². The Morgan fingerprint density at radius 1 is 0.500 bits per heavy atom. The first kappa shape index (κ1) is 18.6. The quantitative estimate of drug-likeness (QED) is 0.684. The molecular weight excluding hydrogens is 320 g/mol. The van der Waals surface area contributed by atoms with Crippen LogP contribution in [-0.4, -0.2) is 11.6 Å². The zero-order chi connectivity index (χ0) is 18.2. The van der Waals surface area contributed by atoms with Gasteiger partial charge in [-0.25, -0.2) is 0 Å². The molecular formula is C24H28O2. The zero-order valence-electron chi connectivity index (χ0n) is 15.4. The van der Waals surface area contributed by atoms with E-state index in [1.165, 1.54) is 12.8 Å². The second kappa shape index (κ2) is 9.47. The molecule has 0 aromatic heterocycles. The average molecular weight is 348 g/mol. The Kier molecular flexibility index (Phi) is 6.76. The Morgan fingerprint density at radius 2 is 0.846 bits per heavy atom. The minimum absolute atomic E-state index is 0.207. The SMILES string of the molecule is O=C1CCCCCCCCC(=O)C(c2ccccc2)C1c1ccccc1. The van der Waals surface area contributed by atoms with Crippen LogP contribution < -0.4 is 0 Å². The maximum atomic E-state index is 13.2. The molecule has 0 bridgehead atoms. The Hall–Kier alpha value is -2.22. The lowest BCUT2D eigenvalue weighted by Crippen LogP contribution is -2.27. The van der Waals surface area contributed by atoms with Crippen LogP contribution in [0.15, 0.2) is 60.7 Å². The van der Waals surface area contributed by atoms with Crippen molar-refractivity contribution in [3.63, 3.8) is 0 Å². The second-order valence-corrected chi connectivity index (χ2v) is 7.33. The van der Waals surface area contributed by atoms with Crippen LogP contribution in [0, 0.1) is 0 Å². The summed E-state index contributed by atoms with van der Waals surface area (Å²) in [4.78, 5) is 26.4. The van der Waals surface area contributed by atoms with Gasteiger partial charge in [-0.15, -0.1) is 0 Å². The highest BCUT2D eigenvalue weighted by Gasteiger charge is 2.35. The van der Waals surface area contributed by atoms with Crippen LogP contribution in [0.4, 0.5) is 0 Å². The summed E-state index contributed by atoms with van der Waals surface area (Å²) in [5, 5.41) is 0. The zero-order valence-corrected chi connectivity index (χ0v) is 15.4. The van der Waals surface area contributed by atoms with E-state index in [2.05, 4.69) is 0 Å². The number of carbonyl (C=O) groups is 2. The molecule has 0 aliphatic heterocycles. The van der Waals surface area contributed by atoms with Crippen molar-refractivity contribution in [2.24, 2.45) is 0 Å². The van der Waals surface area contributed by atoms with E-state index in [9.17, 15) is 9.59 Å². The number of Topliss-reactive ketones (excluding diaryl/α,β-unsaturated/α-hetero) is 2. The van der Waals surface area contributed by atoms with Crippen molar-refractivity contribution in [3.8, 4) is 0 Å². The summed E-state index contributed by atoms with van der Waals surface area (Å²) in [6, 6.07) is 19.8. The maximum absolute atomic E-state index is 13.2. The summed E-state index contributed by atoms with van der Waals surface area (Å²) < 4.78 is 0. The highest BCUT2D eigenvalue weighted by molar-refractivity contribution is 5.96. The third kappa shape index (κ3) is 4.69. The summed E-state index contributed by atoms with van der Waals surface area (Å²) in [6.45, 7) is 0. The van der Waals surface area contributed by atoms with Crippen LogP contribution in [0.1, 0.15) is 74.3 Å². The van der Waals surface area contributed by atoms with Crippen molar-refractivity contribution < 1.29 is 9.59 Å². The van der Waals surface area contributed by atoms with Gasteiger partial charge in [-0.3, -0.25) is 9.59 Å². The van der Waals surface area contributed by atoms with Gasteiger partial charge in [0.25, 0.3) is 0 Å². The molecule has 0 spiro atoms. The normalized spacial score (nSPS) is 23.1. The van der Waals surface area contributed by atoms with Crippen LogP contribution in [0.5, 0.6) is 0 Å². The number of carbonyl (C=O) groups excluding carboxylic acids is 2. The van der Waals surface area contributed by atoms with Gasteiger partial charge in [-0.05, 0) is 24.0 Å². The molecule has 0 heterocycles. The van der Waals surface area contributed by atoms with Crippen molar-refractivity contribution >= 4 is 11.6 Å². The van der Waals surface area contributed by atoms with E-state index in [1.54, 1.807) is 0 Å². The van der Waals surface area contributed by atoms with Crippen molar-refractivity contribution in [1.29, 1.82) is 0 Å². The van der Waals surface area contributed by atoms with Gasteiger partial charge < -0.3 is 0 Å². The molecule has 2 atom stereocenters. The van der Waals surface area contributed by atoms with E-state index in [1.807, 2.05) is 60.7 Å². The molecule has 0 amide bonds. The molecule has 2 aromatic rings. The standard InChI is InChI=1S/C24H28O2/c25-21-17-11-3-1-2-4-12-18-22(26)24(20-15-9-6-10-16-20)23(21)19-13-7-5-8-14-19/h5-10,13-16,23-24H,1-4,11-12,17-18H2. The minimum Gasteiger partial charge on any atom is -0.299 e. The highest BCUT2D eigenvalue weighted by Crippen LogP contribution is 2.37. The summed E-state index contributed by atoms with van der Waals surface area (Å²) in [5.41, 5.74) is 1.94. The monoisotopic (exact) mass is 348 g/mol. The molecule has 136 valence electrons. The Morgan fingerprint density at radius 3 is 1.23 bits per heavy atom. The first-order valence-electron chi connectivity index (χ1n) is 9.92. The number of hydrogen-bond acceptors (Lipinski definition) is 2.